The maximum atomic E-state index is 12.7. The Morgan fingerprint density at radius 1 is 1.00 bits per heavy atom. The van der Waals surface area contributed by atoms with Gasteiger partial charge < -0.3 is 9.64 Å². The van der Waals surface area contributed by atoms with Gasteiger partial charge in [0, 0.05) is 31.7 Å². The fourth-order valence-corrected chi connectivity index (χ4v) is 5.73. The van der Waals surface area contributed by atoms with Crippen molar-refractivity contribution in [2.45, 2.75) is 11.8 Å². The summed E-state index contributed by atoms with van der Waals surface area (Å²) < 4.78 is 30.7. The Bertz CT molecular complexity index is 1960. The summed E-state index contributed by atoms with van der Waals surface area (Å²) in [6.07, 6.45) is 0. The van der Waals surface area contributed by atoms with Crippen LogP contribution in [-0.2, 0) is 14.8 Å². The number of benzene rings is 3. The van der Waals surface area contributed by atoms with Crippen molar-refractivity contribution >= 4 is 66.9 Å². The zero-order chi connectivity index (χ0) is 31.6. The Kier molecular flexibility index (Phi) is 8.73. The summed E-state index contributed by atoms with van der Waals surface area (Å²) in [4.78, 5) is 15.9. The highest BCUT2D eigenvalue weighted by Crippen LogP contribution is 2.43. The normalized spacial score (nSPS) is 11.6. The third-order valence-corrected chi connectivity index (χ3v) is 8.33. The molecule has 5 aromatic rings. The van der Waals surface area contributed by atoms with Crippen molar-refractivity contribution in [3.63, 3.8) is 0 Å². The van der Waals surface area contributed by atoms with Crippen LogP contribution in [0.5, 0.6) is 5.75 Å². The van der Waals surface area contributed by atoms with Gasteiger partial charge in [0.05, 0.1) is 29.1 Å². The van der Waals surface area contributed by atoms with Gasteiger partial charge in [0.15, 0.2) is 16.5 Å². The number of anilines is 3. The van der Waals surface area contributed by atoms with Crippen LogP contribution in [0.3, 0.4) is 0 Å². The van der Waals surface area contributed by atoms with Crippen molar-refractivity contribution in [2.75, 3.05) is 31.0 Å². The molecule has 0 radical (unpaired) electrons. The Labute approximate surface area is 262 Å². The molecular formula is C28H26ClN9O4S2. The van der Waals surface area contributed by atoms with Crippen molar-refractivity contribution in [3.8, 4) is 22.1 Å². The number of halogens is 1. The van der Waals surface area contributed by atoms with Crippen LogP contribution in [0.2, 0.25) is 5.02 Å². The summed E-state index contributed by atoms with van der Waals surface area (Å²) in [5.74, 6) is 0.177. The monoisotopic (exact) mass is 651 g/mol. The molecule has 1 amide bonds. The third-order valence-electron chi connectivity index (χ3n) is 6.25. The number of hydrogen-bond acceptors (Lipinski definition) is 11. The number of amides is 1. The van der Waals surface area contributed by atoms with Gasteiger partial charge in [-0.15, -0.1) is 20.4 Å². The zero-order valence-electron chi connectivity index (χ0n) is 23.9. The van der Waals surface area contributed by atoms with E-state index in [-0.39, 0.29) is 27.5 Å². The number of hydrogen-bond donors (Lipinski definition) is 1. The second-order valence-electron chi connectivity index (χ2n) is 9.49. The Balaban J connectivity index is 1.58. The second kappa shape index (κ2) is 12.5. The molecule has 2 heterocycles. The number of sulfonamides is 1. The van der Waals surface area contributed by atoms with Crippen LogP contribution < -0.4 is 19.7 Å². The van der Waals surface area contributed by atoms with Crippen molar-refractivity contribution < 1.29 is 17.9 Å². The van der Waals surface area contributed by atoms with Crippen molar-refractivity contribution in [2.24, 2.45) is 15.4 Å². The van der Waals surface area contributed by atoms with E-state index in [1.807, 2.05) is 43.3 Å². The molecule has 226 valence electrons. The summed E-state index contributed by atoms with van der Waals surface area (Å²) in [5, 5.41) is 28.4. The lowest BCUT2D eigenvalue weighted by Crippen LogP contribution is -2.22. The number of primary sulfonamides is 1. The molecule has 2 aromatic heterocycles. The van der Waals surface area contributed by atoms with E-state index in [1.165, 1.54) is 47.9 Å². The van der Waals surface area contributed by atoms with Crippen LogP contribution >= 0.6 is 22.9 Å². The average molecular weight is 652 g/mol. The number of azo groups is 1. The van der Waals surface area contributed by atoms with Gasteiger partial charge in [-0.05, 0) is 66.7 Å². The van der Waals surface area contributed by atoms with Crippen LogP contribution in [0.1, 0.15) is 6.92 Å². The molecule has 0 saturated carbocycles. The molecule has 16 heteroatoms. The first-order chi connectivity index (χ1) is 21.0. The van der Waals surface area contributed by atoms with Gasteiger partial charge in [-0.3, -0.25) is 9.69 Å². The summed E-state index contributed by atoms with van der Waals surface area (Å²) in [7, 11) is 1.47. The predicted octanol–water partition coefficient (Wildman–Crippen LogP) is 5.87. The number of rotatable bonds is 9. The van der Waals surface area contributed by atoms with Crippen molar-refractivity contribution in [1.82, 2.24) is 20.0 Å². The minimum absolute atomic E-state index is 0.0886. The lowest BCUT2D eigenvalue weighted by atomic mass is 10.3. The zero-order valence-corrected chi connectivity index (χ0v) is 26.3. The van der Waals surface area contributed by atoms with Gasteiger partial charge in [-0.1, -0.05) is 29.0 Å². The van der Waals surface area contributed by atoms with Crippen LogP contribution in [0, 0.1) is 0 Å². The lowest BCUT2D eigenvalue weighted by molar-refractivity contribution is -0.115. The quantitative estimate of drug-likeness (QED) is 0.194. The first kappa shape index (κ1) is 30.7. The number of carbonyl (C=O) groups excluding carboxylic acids is 1. The molecule has 2 N–H and O–H groups in total. The molecule has 13 nitrogen and oxygen atoms in total. The SMILES string of the molecule is COc1c(-c2nnc(N(C(C)=O)c3ccc(S(N)(=O)=O)cc3)s2)nn(-c2cccc(Cl)c2)c1N=Nc1ccc(N(C)C)cc1. The van der Waals surface area contributed by atoms with Gasteiger partial charge in [0.25, 0.3) is 0 Å². The molecule has 0 aliphatic heterocycles. The Hall–Kier alpha value is -4.70. The van der Waals surface area contributed by atoms with E-state index >= 15 is 0 Å². The first-order valence-corrected chi connectivity index (χ1v) is 15.6. The molecule has 0 aliphatic rings. The van der Waals surface area contributed by atoms with Crippen LogP contribution in [-0.4, -0.2) is 55.5 Å². The molecule has 44 heavy (non-hydrogen) atoms. The molecule has 5 rings (SSSR count). The van der Waals surface area contributed by atoms with Gasteiger partial charge in [-0.2, -0.15) is 5.10 Å². The minimum atomic E-state index is -3.91. The summed E-state index contributed by atoms with van der Waals surface area (Å²) in [6.45, 7) is 1.35. The van der Waals surface area contributed by atoms with Gasteiger partial charge in [0.1, 0.15) is 0 Å². The van der Waals surface area contributed by atoms with Crippen LogP contribution in [0.15, 0.2) is 87.9 Å². The number of nitrogens with zero attached hydrogens (tertiary/aromatic N) is 8. The predicted molar refractivity (Wildman–Crippen MR) is 170 cm³/mol. The smallest absolute Gasteiger partial charge is 0.238 e. The van der Waals surface area contributed by atoms with E-state index < -0.39 is 10.0 Å². The molecule has 0 atom stereocenters. The number of ether oxygens (including phenoxy) is 1. The fraction of sp³-hybridized carbons (Fsp3) is 0.143. The van der Waals surface area contributed by atoms with E-state index in [2.05, 4.69) is 20.4 Å². The maximum absolute atomic E-state index is 12.7. The van der Waals surface area contributed by atoms with Crippen LogP contribution in [0.4, 0.5) is 28.0 Å². The largest absolute Gasteiger partial charge is 0.491 e. The standard InChI is InChI=1S/C28H26ClN9O4S2/c1-17(39)37(21-12-14-23(15-13-21)44(30,40)41)28-34-33-27(43-28)24-25(42-4)26(38(35-24)22-7-5-6-18(29)16-22)32-31-19-8-10-20(11-9-19)36(2)3/h5-16H,1-4H3,(H2,30,40,41). The topological polar surface area (TPSA) is 161 Å². The van der Waals surface area contributed by atoms with Crippen molar-refractivity contribution in [1.29, 1.82) is 0 Å². The molecule has 3 aromatic carbocycles. The van der Waals surface area contributed by atoms with E-state index in [9.17, 15) is 13.2 Å². The average Bonchev–Trinajstić information content (AvgIpc) is 3.61. The number of carbonyl (C=O) groups is 1. The Morgan fingerprint density at radius 3 is 2.27 bits per heavy atom. The molecule has 0 bridgehead atoms. The number of methoxy groups -OCH3 is 1. The molecule has 0 fully saturated rings. The van der Waals surface area contributed by atoms with Crippen molar-refractivity contribution in [3.05, 3.63) is 77.8 Å². The maximum Gasteiger partial charge on any atom is 0.238 e. The number of nitrogens with two attached hydrogens (primary N) is 1. The van der Waals surface area contributed by atoms with E-state index in [0.29, 0.717) is 32.8 Å². The van der Waals surface area contributed by atoms with Gasteiger partial charge >= 0.3 is 0 Å². The molecular weight excluding hydrogens is 626 g/mol. The number of aromatic nitrogens is 4. The molecule has 0 unspecified atom stereocenters. The van der Waals surface area contributed by atoms with Gasteiger partial charge in [0.2, 0.25) is 26.9 Å². The summed E-state index contributed by atoms with van der Waals surface area (Å²) in [6, 6.07) is 20.1. The van der Waals surface area contributed by atoms with Crippen LogP contribution in [0.25, 0.3) is 16.4 Å². The fourth-order valence-electron chi connectivity index (χ4n) is 4.13. The van der Waals surface area contributed by atoms with E-state index in [1.54, 1.807) is 24.3 Å². The highest BCUT2D eigenvalue weighted by Gasteiger charge is 2.27. The molecule has 0 spiro atoms. The third kappa shape index (κ3) is 6.45. The van der Waals surface area contributed by atoms with Gasteiger partial charge in [-0.25, -0.2) is 18.2 Å². The van der Waals surface area contributed by atoms with E-state index in [0.717, 1.165) is 17.0 Å². The highest BCUT2D eigenvalue weighted by atomic mass is 35.5. The van der Waals surface area contributed by atoms with E-state index in [4.69, 9.17) is 26.6 Å². The highest BCUT2D eigenvalue weighted by molar-refractivity contribution is 7.89. The molecule has 0 aliphatic carbocycles. The first-order valence-electron chi connectivity index (χ1n) is 12.9. The summed E-state index contributed by atoms with van der Waals surface area (Å²) in [5.41, 5.74) is 2.91. The minimum Gasteiger partial charge on any atom is -0.491 e. The molecule has 0 saturated heterocycles. The lowest BCUT2D eigenvalue weighted by Gasteiger charge is -2.17. The Morgan fingerprint density at radius 2 is 1.68 bits per heavy atom. The summed E-state index contributed by atoms with van der Waals surface area (Å²) >= 11 is 7.37. The second-order valence-corrected chi connectivity index (χ2v) is 12.4.